The molecule has 0 atom stereocenters. The minimum atomic E-state index is -0.158. The summed E-state index contributed by atoms with van der Waals surface area (Å²) in [6.45, 7) is 0.240. The summed E-state index contributed by atoms with van der Waals surface area (Å²) in [5, 5.41) is 9.73. The van der Waals surface area contributed by atoms with E-state index in [4.69, 9.17) is 10.8 Å². The Kier molecular flexibility index (Phi) is 3.89. The number of nitrogens with zero attached hydrogens (tertiary/aromatic N) is 1. The summed E-state index contributed by atoms with van der Waals surface area (Å²) in [5.74, 6) is -0.158. The number of likely N-dealkylation sites (N-methyl/N-ethyl adjacent to an activating group) is 1. The number of aliphatic hydroxyl groups is 1. The van der Waals surface area contributed by atoms with Crippen molar-refractivity contribution in [1.82, 2.24) is 4.90 Å². The Balaban J connectivity index is 2.49. The van der Waals surface area contributed by atoms with E-state index in [-0.39, 0.29) is 12.5 Å². The fourth-order valence-corrected chi connectivity index (χ4v) is 3.57. The summed E-state index contributed by atoms with van der Waals surface area (Å²) in [4.78, 5) is 14.2. The van der Waals surface area contributed by atoms with Crippen LogP contribution in [0.5, 0.6) is 0 Å². The maximum atomic E-state index is 12.2. The van der Waals surface area contributed by atoms with E-state index in [1.54, 1.807) is 7.05 Å². The lowest BCUT2D eigenvalue weighted by molar-refractivity contribution is 0.0772. The van der Waals surface area contributed by atoms with Crippen LogP contribution >= 0.6 is 27.3 Å². The van der Waals surface area contributed by atoms with Crippen LogP contribution in [-0.4, -0.2) is 36.1 Å². The van der Waals surface area contributed by atoms with Crippen LogP contribution in [0.2, 0.25) is 0 Å². The van der Waals surface area contributed by atoms with E-state index in [0.717, 1.165) is 14.6 Å². The molecule has 0 radical (unpaired) electrons. The topological polar surface area (TPSA) is 66.6 Å². The number of hydrogen-bond acceptors (Lipinski definition) is 4. The van der Waals surface area contributed by atoms with Gasteiger partial charge in [0, 0.05) is 28.2 Å². The van der Waals surface area contributed by atoms with Crippen molar-refractivity contribution in [2.24, 2.45) is 0 Å². The normalized spacial score (nSPS) is 10.8. The van der Waals surface area contributed by atoms with Gasteiger partial charge in [-0.1, -0.05) is 22.0 Å². The third-order valence-corrected chi connectivity index (χ3v) is 4.50. The highest BCUT2D eigenvalue weighted by atomic mass is 79.9. The number of benzene rings is 1. The molecule has 0 aliphatic rings. The van der Waals surface area contributed by atoms with Crippen molar-refractivity contribution in [1.29, 1.82) is 0 Å². The number of carbonyl (C=O) groups excluding carboxylic acids is 1. The van der Waals surface area contributed by atoms with Gasteiger partial charge >= 0.3 is 0 Å². The molecule has 0 spiro atoms. The first-order chi connectivity index (χ1) is 8.56. The predicted octanol–water partition coefficient (Wildman–Crippen LogP) is 2.31. The van der Waals surface area contributed by atoms with Gasteiger partial charge in [0.2, 0.25) is 0 Å². The first kappa shape index (κ1) is 13.3. The van der Waals surface area contributed by atoms with Gasteiger partial charge in [-0.15, -0.1) is 11.3 Å². The number of rotatable bonds is 3. The van der Waals surface area contributed by atoms with Gasteiger partial charge in [0.25, 0.3) is 5.91 Å². The number of thiophene rings is 1. The second-order valence-electron chi connectivity index (χ2n) is 3.91. The lowest BCUT2D eigenvalue weighted by Crippen LogP contribution is -2.29. The Morgan fingerprint density at radius 3 is 2.89 bits per heavy atom. The molecule has 96 valence electrons. The van der Waals surface area contributed by atoms with Gasteiger partial charge < -0.3 is 15.7 Å². The minimum absolute atomic E-state index is 0.0588. The monoisotopic (exact) mass is 328 g/mol. The number of nitrogens with two attached hydrogens (primary N) is 1. The van der Waals surface area contributed by atoms with Crippen molar-refractivity contribution in [3.8, 4) is 0 Å². The molecule has 2 aromatic rings. The van der Waals surface area contributed by atoms with Gasteiger partial charge in [-0.05, 0) is 12.1 Å². The third kappa shape index (κ3) is 2.23. The zero-order valence-electron chi connectivity index (χ0n) is 9.81. The number of halogens is 1. The van der Waals surface area contributed by atoms with E-state index in [0.29, 0.717) is 17.1 Å². The molecule has 1 heterocycles. The largest absolute Gasteiger partial charge is 0.397 e. The van der Waals surface area contributed by atoms with Crippen molar-refractivity contribution in [2.45, 2.75) is 0 Å². The molecule has 0 saturated carbocycles. The van der Waals surface area contributed by atoms with Crippen LogP contribution in [0, 0.1) is 0 Å². The van der Waals surface area contributed by atoms with Crippen molar-refractivity contribution in [2.75, 3.05) is 25.9 Å². The van der Waals surface area contributed by atoms with Crippen molar-refractivity contribution in [3.05, 3.63) is 27.5 Å². The molecular weight excluding hydrogens is 316 g/mol. The summed E-state index contributed by atoms with van der Waals surface area (Å²) in [7, 11) is 1.65. The molecule has 6 heteroatoms. The number of amides is 1. The van der Waals surface area contributed by atoms with Gasteiger partial charge in [-0.25, -0.2) is 0 Å². The first-order valence-corrected chi connectivity index (χ1v) is 7.00. The fourth-order valence-electron chi connectivity index (χ4n) is 1.71. The SMILES string of the molecule is CN(CCO)C(=O)c1sc2cccc(Br)c2c1N. The highest BCUT2D eigenvalue weighted by Crippen LogP contribution is 2.38. The van der Waals surface area contributed by atoms with Crippen LogP contribution in [-0.2, 0) is 0 Å². The Morgan fingerprint density at radius 2 is 2.28 bits per heavy atom. The van der Waals surface area contributed by atoms with Crippen LogP contribution in [0.3, 0.4) is 0 Å². The Hall–Kier alpha value is -1.11. The highest BCUT2D eigenvalue weighted by Gasteiger charge is 2.20. The van der Waals surface area contributed by atoms with Crippen LogP contribution < -0.4 is 5.73 Å². The number of carbonyl (C=O) groups is 1. The number of aliphatic hydroxyl groups excluding tert-OH is 1. The van der Waals surface area contributed by atoms with Crippen molar-refractivity contribution < 1.29 is 9.90 Å². The van der Waals surface area contributed by atoms with E-state index >= 15 is 0 Å². The maximum Gasteiger partial charge on any atom is 0.265 e. The fraction of sp³-hybridized carbons (Fsp3) is 0.250. The molecule has 1 amide bonds. The highest BCUT2D eigenvalue weighted by molar-refractivity contribution is 9.10. The molecule has 0 aliphatic heterocycles. The summed E-state index contributed by atoms with van der Waals surface area (Å²) >= 11 is 4.81. The quantitative estimate of drug-likeness (QED) is 0.908. The smallest absolute Gasteiger partial charge is 0.265 e. The minimum Gasteiger partial charge on any atom is -0.397 e. The summed E-state index contributed by atoms with van der Waals surface area (Å²) < 4.78 is 1.86. The molecule has 0 fully saturated rings. The number of hydrogen-bond donors (Lipinski definition) is 2. The molecule has 0 unspecified atom stereocenters. The average molecular weight is 329 g/mol. The number of fused-ring (bicyclic) bond motifs is 1. The standard InChI is InChI=1S/C12H13BrN2O2S/c1-15(5-6-16)12(17)11-10(14)9-7(13)3-2-4-8(9)18-11/h2-4,16H,5-6,14H2,1H3. The molecule has 0 saturated heterocycles. The molecule has 1 aromatic heterocycles. The van der Waals surface area contributed by atoms with Crippen LogP contribution in [0.25, 0.3) is 10.1 Å². The lowest BCUT2D eigenvalue weighted by atomic mass is 10.2. The molecule has 3 N–H and O–H groups in total. The Labute approximate surface area is 117 Å². The second kappa shape index (κ2) is 5.26. The zero-order valence-corrected chi connectivity index (χ0v) is 12.2. The van der Waals surface area contributed by atoms with Crippen LogP contribution in [0.4, 0.5) is 5.69 Å². The van der Waals surface area contributed by atoms with Crippen molar-refractivity contribution >= 4 is 48.9 Å². The number of anilines is 1. The van der Waals surface area contributed by atoms with Crippen LogP contribution in [0.15, 0.2) is 22.7 Å². The third-order valence-electron chi connectivity index (χ3n) is 2.68. The zero-order chi connectivity index (χ0) is 13.3. The molecule has 1 aromatic carbocycles. The van der Waals surface area contributed by atoms with Gasteiger partial charge in [-0.3, -0.25) is 4.79 Å². The molecular formula is C12H13BrN2O2S. The molecule has 0 aliphatic carbocycles. The number of nitrogen functional groups attached to an aromatic ring is 1. The molecule has 4 nitrogen and oxygen atoms in total. The van der Waals surface area contributed by atoms with Gasteiger partial charge in [0.15, 0.2) is 0 Å². The summed E-state index contributed by atoms with van der Waals surface area (Å²) in [6.07, 6.45) is 0. The molecule has 18 heavy (non-hydrogen) atoms. The van der Waals surface area contributed by atoms with E-state index in [1.807, 2.05) is 18.2 Å². The maximum absolute atomic E-state index is 12.2. The summed E-state index contributed by atoms with van der Waals surface area (Å²) in [5.41, 5.74) is 6.54. The Bertz CT molecular complexity index is 597. The van der Waals surface area contributed by atoms with E-state index in [2.05, 4.69) is 15.9 Å². The van der Waals surface area contributed by atoms with E-state index in [9.17, 15) is 4.79 Å². The Morgan fingerprint density at radius 1 is 1.56 bits per heavy atom. The second-order valence-corrected chi connectivity index (χ2v) is 5.81. The van der Waals surface area contributed by atoms with Gasteiger partial charge in [-0.2, -0.15) is 0 Å². The van der Waals surface area contributed by atoms with Crippen molar-refractivity contribution in [3.63, 3.8) is 0 Å². The molecule has 0 bridgehead atoms. The predicted molar refractivity (Wildman–Crippen MR) is 78.0 cm³/mol. The average Bonchev–Trinajstić information content (AvgIpc) is 2.67. The van der Waals surface area contributed by atoms with E-state index < -0.39 is 0 Å². The lowest BCUT2D eigenvalue weighted by Gasteiger charge is -2.14. The van der Waals surface area contributed by atoms with Crippen LogP contribution in [0.1, 0.15) is 9.67 Å². The van der Waals surface area contributed by atoms with Gasteiger partial charge in [0.05, 0.1) is 12.3 Å². The molecule has 2 rings (SSSR count). The van der Waals surface area contributed by atoms with Gasteiger partial charge in [0.1, 0.15) is 4.88 Å². The van der Waals surface area contributed by atoms with E-state index in [1.165, 1.54) is 16.2 Å². The first-order valence-electron chi connectivity index (χ1n) is 5.39. The summed E-state index contributed by atoms with van der Waals surface area (Å²) in [6, 6.07) is 5.75.